The molecular formula is C16H21NO2S. The van der Waals surface area contributed by atoms with E-state index in [1.54, 1.807) is 16.4 Å². The highest BCUT2D eigenvalue weighted by atomic mass is 32.2. The molecule has 0 aliphatic carbocycles. The molecule has 1 unspecified atom stereocenters. The van der Waals surface area contributed by atoms with Crippen molar-refractivity contribution in [3.8, 4) is 0 Å². The summed E-state index contributed by atoms with van der Waals surface area (Å²) >= 11 is 0. The molecule has 0 aromatic heterocycles. The average Bonchev–Trinajstić information content (AvgIpc) is 2.79. The Morgan fingerprint density at radius 2 is 2.00 bits per heavy atom. The van der Waals surface area contributed by atoms with E-state index in [1.165, 1.54) is 0 Å². The zero-order valence-corrected chi connectivity index (χ0v) is 12.9. The third kappa shape index (κ3) is 2.96. The minimum atomic E-state index is -3.44. The maximum absolute atomic E-state index is 12.7. The van der Waals surface area contributed by atoms with Crippen molar-refractivity contribution in [3.05, 3.63) is 54.3 Å². The van der Waals surface area contributed by atoms with Crippen LogP contribution in [0.3, 0.4) is 0 Å². The Morgan fingerprint density at radius 1 is 1.35 bits per heavy atom. The summed E-state index contributed by atoms with van der Waals surface area (Å²) in [5, 5.41) is 0. The molecule has 0 spiro atoms. The Balaban J connectivity index is 2.31. The molecular weight excluding hydrogens is 270 g/mol. The molecule has 1 aliphatic rings. The summed E-state index contributed by atoms with van der Waals surface area (Å²) < 4.78 is 27.0. The highest BCUT2D eigenvalue weighted by molar-refractivity contribution is 7.89. The average molecular weight is 291 g/mol. The van der Waals surface area contributed by atoms with E-state index in [-0.39, 0.29) is 5.92 Å². The van der Waals surface area contributed by atoms with Gasteiger partial charge in [-0.3, -0.25) is 4.31 Å². The van der Waals surface area contributed by atoms with Gasteiger partial charge in [0.05, 0.1) is 4.90 Å². The quantitative estimate of drug-likeness (QED) is 0.779. The zero-order valence-electron chi connectivity index (χ0n) is 12.0. The van der Waals surface area contributed by atoms with Gasteiger partial charge in [0.15, 0.2) is 0 Å². The summed E-state index contributed by atoms with van der Waals surface area (Å²) in [6.07, 6.45) is 5.38. The van der Waals surface area contributed by atoms with Gasteiger partial charge in [0.25, 0.3) is 10.0 Å². The Bertz CT molecular complexity index is 614. The fourth-order valence-electron chi connectivity index (χ4n) is 2.39. The molecule has 20 heavy (non-hydrogen) atoms. The molecule has 0 radical (unpaired) electrons. The second-order valence-corrected chi connectivity index (χ2v) is 7.17. The summed E-state index contributed by atoms with van der Waals surface area (Å²) in [6.45, 7) is 8.22. The van der Waals surface area contributed by atoms with Crippen molar-refractivity contribution in [1.82, 2.24) is 4.31 Å². The number of benzene rings is 1. The van der Waals surface area contributed by atoms with Crippen LogP contribution in [0, 0.1) is 12.8 Å². The Hall–Kier alpha value is -1.55. The van der Waals surface area contributed by atoms with Crippen molar-refractivity contribution in [2.75, 3.05) is 6.54 Å². The maximum atomic E-state index is 12.7. The highest BCUT2D eigenvalue weighted by Gasteiger charge is 2.31. The molecule has 1 heterocycles. The minimum Gasteiger partial charge on any atom is -0.270 e. The predicted molar refractivity (Wildman–Crippen MR) is 81.7 cm³/mol. The monoisotopic (exact) mass is 291 g/mol. The predicted octanol–water partition coefficient (Wildman–Crippen LogP) is 3.49. The normalized spacial score (nSPS) is 19.0. The lowest BCUT2D eigenvalue weighted by atomic mass is 10.2. The Morgan fingerprint density at radius 3 is 2.60 bits per heavy atom. The van der Waals surface area contributed by atoms with Crippen LogP contribution >= 0.6 is 0 Å². The van der Waals surface area contributed by atoms with Gasteiger partial charge in [0.2, 0.25) is 0 Å². The molecule has 0 fully saturated rings. The van der Waals surface area contributed by atoms with E-state index in [0.717, 1.165) is 24.1 Å². The van der Waals surface area contributed by atoms with Crippen LogP contribution in [-0.2, 0) is 10.0 Å². The number of hydrogen-bond donors (Lipinski definition) is 0. The van der Waals surface area contributed by atoms with E-state index < -0.39 is 10.0 Å². The SMILES string of the molecule is C=CCCC1=CC(C)CN1S(=O)(=O)c1ccc(C)cc1. The number of rotatable bonds is 5. The van der Waals surface area contributed by atoms with Gasteiger partial charge in [-0.2, -0.15) is 0 Å². The summed E-state index contributed by atoms with van der Waals surface area (Å²) in [4.78, 5) is 0.363. The summed E-state index contributed by atoms with van der Waals surface area (Å²) in [6, 6.07) is 7.02. The first-order valence-electron chi connectivity index (χ1n) is 6.86. The van der Waals surface area contributed by atoms with E-state index in [4.69, 9.17) is 0 Å². The van der Waals surface area contributed by atoms with Crippen molar-refractivity contribution in [2.45, 2.75) is 31.6 Å². The van der Waals surface area contributed by atoms with Crippen LogP contribution in [0.25, 0.3) is 0 Å². The van der Waals surface area contributed by atoms with Crippen LogP contribution < -0.4 is 0 Å². The first-order valence-corrected chi connectivity index (χ1v) is 8.30. The van der Waals surface area contributed by atoms with Gasteiger partial charge in [-0.1, -0.05) is 36.8 Å². The van der Waals surface area contributed by atoms with Crippen molar-refractivity contribution in [3.63, 3.8) is 0 Å². The minimum absolute atomic E-state index is 0.259. The van der Waals surface area contributed by atoms with Crippen LogP contribution in [-0.4, -0.2) is 19.3 Å². The lowest BCUT2D eigenvalue weighted by Gasteiger charge is -2.22. The van der Waals surface area contributed by atoms with Gasteiger partial charge in [0.1, 0.15) is 0 Å². The van der Waals surface area contributed by atoms with Crippen LogP contribution in [0.4, 0.5) is 0 Å². The first kappa shape index (κ1) is 14.9. The van der Waals surface area contributed by atoms with Crippen molar-refractivity contribution in [1.29, 1.82) is 0 Å². The molecule has 0 saturated heterocycles. The Labute approximate surface area is 121 Å². The van der Waals surface area contributed by atoms with Crippen LogP contribution in [0.2, 0.25) is 0 Å². The van der Waals surface area contributed by atoms with Crippen LogP contribution in [0.5, 0.6) is 0 Å². The first-order chi connectivity index (χ1) is 9.45. The third-order valence-electron chi connectivity index (χ3n) is 3.46. The molecule has 1 atom stereocenters. The van der Waals surface area contributed by atoms with Crippen molar-refractivity contribution in [2.24, 2.45) is 5.92 Å². The number of nitrogens with zero attached hydrogens (tertiary/aromatic N) is 1. The maximum Gasteiger partial charge on any atom is 0.264 e. The van der Waals surface area contributed by atoms with Gasteiger partial charge in [-0.15, -0.1) is 6.58 Å². The third-order valence-corrected chi connectivity index (χ3v) is 5.30. The lowest BCUT2D eigenvalue weighted by molar-refractivity contribution is 0.466. The molecule has 1 aliphatic heterocycles. The standard InChI is InChI=1S/C16H21NO2S/c1-4-5-6-15-11-14(3)12-17(15)20(18,19)16-9-7-13(2)8-10-16/h4,7-11,14H,1,5-6,12H2,2-3H3. The van der Waals surface area contributed by atoms with Crippen LogP contribution in [0.1, 0.15) is 25.3 Å². The number of sulfonamides is 1. The Kier molecular flexibility index (Phi) is 4.33. The molecule has 0 amide bonds. The molecule has 1 aromatic rings. The lowest BCUT2D eigenvalue weighted by Crippen LogP contribution is -2.29. The second-order valence-electron chi connectivity index (χ2n) is 5.31. The smallest absolute Gasteiger partial charge is 0.264 e. The van der Waals surface area contributed by atoms with Gasteiger partial charge in [-0.25, -0.2) is 8.42 Å². The van der Waals surface area contributed by atoms with E-state index in [2.05, 4.69) is 12.7 Å². The number of allylic oxidation sites excluding steroid dienone is 2. The van der Waals surface area contributed by atoms with E-state index in [0.29, 0.717) is 11.4 Å². The highest BCUT2D eigenvalue weighted by Crippen LogP contribution is 2.30. The van der Waals surface area contributed by atoms with Gasteiger partial charge >= 0.3 is 0 Å². The zero-order chi connectivity index (χ0) is 14.8. The molecule has 0 saturated carbocycles. The summed E-state index contributed by atoms with van der Waals surface area (Å²) in [7, 11) is -3.44. The van der Waals surface area contributed by atoms with E-state index in [1.807, 2.05) is 32.1 Å². The fourth-order valence-corrected chi connectivity index (χ4v) is 4.02. The van der Waals surface area contributed by atoms with Gasteiger partial charge in [-0.05, 0) is 37.8 Å². The van der Waals surface area contributed by atoms with Gasteiger partial charge < -0.3 is 0 Å². The molecule has 4 heteroatoms. The summed E-state index contributed by atoms with van der Waals surface area (Å²) in [5.41, 5.74) is 1.94. The topological polar surface area (TPSA) is 37.4 Å². The van der Waals surface area contributed by atoms with E-state index >= 15 is 0 Å². The van der Waals surface area contributed by atoms with E-state index in [9.17, 15) is 8.42 Å². The molecule has 2 rings (SSSR count). The van der Waals surface area contributed by atoms with Crippen molar-refractivity contribution < 1.29 is 8.42 Å². The molecule has 0 N–H and O–H groups in total. The number of hydrogen-bond acceptors (Lipinski definition) is 2. The number of aryl methyl sites for hydroxylation is 1. The largest absolute Gasteiger partial charge is 0.270 e. The fraction of sp³-hybridized carbons (Fsp3) is 0.375. The van der Waals surface area contributed by atoms with Crippen molar-refractivity contribution >= 4 is 10.0 Å². The molecule has 108 valence electrons. The summed E-state index contributed by atoms with van der Waals surface area (Å²) in [5.74, 6) is 0.259. The van der Waals surface area contributed by atoms with Crippen LogP contribution in [0.15, 0.2) is 53.6 Å². The molecule has 1 aromatic carbocycles. The second kappa shape index (κ2) is 5.83. The van der Waals surface area contributed by atoms with Gasteiger partial charge in [0, 0.05) is 12.2 Å². The molecule has 0 bridgehead atoms. The molecule has 3 nitrogen and oxygen atoms in total.